The van der Waals surface area contributed by atoms with Crippen LogP contribution in [-0.2, 0) is 16.6 Å². The van der Waals surface area contributed by atoms with Crippen LogP contribution in [0.15, 0.2) is 23.2 Å². The van der Waals surface area contributed by atoms with E-state index in [9.17, 15) is 12.8 Å². The van der Waals surface area contributed by atoms with Gasteiger partial charge in [0.1, 0.15) is 5.82 Å². The number of hydrogen-bond donors (Lipinski definition) is 3. The van der Waals surface area contributed by atoms with Crippen molar-refractivity contribution in [2.24, 2.45) is 4.99 Å². The van der Waals surface area contributed by atoms with Crippen molar-refractivity contribution in [3.8, 4) is 0 Å². The lowest BCUT2D eigenvalue weighted by atomic mass is 10.1. The van der Waals surface area contributed by atoms with E-state index < -0.39 is 10.0 Å². The molecule has 130 valence electrons. The molecule has 0 aliphatic rings. The van der Waals surface area contributed by atoms with Gasteiger partial charge in [0.2, 0.25) is 10.0 Å². The predicted octanol–water partition coefficient (Wildman–Crippen LogP) is 1.13. The largest absolute Gasteiger partial charge is 0.357 e. The molecule has 3 N–H and O–H groups in total. The van der Waals surface area contributed by atoms with E-state index in [4.69, 9.17) is 0 Å². The Morgan fingerprint density at radius 3 is 2.61 bits per heavy atom. The Morgan fingerprint density at radius 1 is 1.26 bits per heavy atom. The van der Waals surface area contributed by atoms with Crippen molar-refractivity contribution in [2.75, 3.05) is 25.9 Å². The van der Waals surface area contributed by atoms with Crippen LogP contribution in [0.25, 0.3) is 0 Å². The molecule has 23 heavy (non-hydrogen) atoms. The molecule has 1 aromatic carbocycles. The van der Waals surface area contributed by atoms with E-state index >= 15 is 0 Å². The van der Waals surface area contributed by atoms with Crippen molar-refractivity contribution in [1.82, 2.24) is 15.4 Å². The number of benzene rings is 1. The third kappa shape index (κ3) is 8.51. The monoisotopic (exact) mass is 344 g/mol. The number of hydrogen-bond acceptors (Lipinski definition) is 3. The third-order valence-corrected chi connectivity index (χ3v) is 3.74. The van der Waals surface area contributed by atoms with Crippen LogP contribution < -0.4 is 15.4 Å². The minimum atomic E-state index is -3.15. The molecule has 1 rings (SSSR count). The lowest BCUT2D eigenvalue weighted by Gasteiger charge is -2.11. The fraction of sp³-hybridized carbons (Fsp3) is 0.533. The first kappa shape index (κ1) is 19.4. The van der Waals surface area contributed by atoms with Crippen LogP contribution in [0.5, 0.6) is 0 Å². The van der Waals surface area contributed by atoms with E-state index in [1.165, 1.54) is 6.07 Å². The molecule has 0 aromatic heterocycles. The number of aliphatic imine (C=N–C) groups is 1. The first-order chi connectivity index (χ1) is 10.8. The number of aryl methyl sites for hydroxylation is 1. The quantitative estimate of drug-likeness (QED) is 0.375. The average molecular weight is 344 g/mol. The summed E-state index contributed by atoms with van der Waals surface area (Å²) in [5.74, 6) is 0.385. The van der Waals surface area contributed by atoms with Gasteiger partial charge in [0, 0.05) is 19.6 Å². The smallest absolute Gasteiger partial charge is 0.208 e. The minimum Gasteiger partial charge on any atom is -0.357 e. The lowest BCUT2D eigenvalue weighted by Crippen LogP contribution is -2.38. The molecule has 0 amide bonds. The Bertz CT molecular complexity index is 632. The van der Waals surface area contributed by atoms with Gasteiger partial charge in [-0.2, -0.15) is 0 Å². The Balaban J connectivity index is 2.48. The molecule has 0 heterocycles. The fourth-order valence-corrected chi connectivity index (χ4v) is 2.31. The van der Waals surface area contributed by atoms with Crippen LogP contribution >= 0.6 is 0 Å². The predicted molar refractivity (Wildman–Crippen MR) is 91.4 cm³/mol. The maximum Gasteiger partial charge on any atom is 0.208 e. The van der Waals surface area contributed by atoms with Gasteiger partial charge < -0.3 is 10.6 Å². The van der Waals surface area contributed by atoms with Crippen LogP contribution in [0.4, 0.5) is 4.39 Å². The second-order valence-corrected chi connectivity index (χ2v) is 7.06. The van der Waals surface area contributed by atoms with Gasteiger partial charge in [0.15, 0.2) is 5.96 Å². The SMILES string of the molecule is CCNC(=NCc1ccc(C)c(F)c1)NCCCNS(C)(=O)=O. The molecule has 0 radical (unpaired) electrons. The van der Waals surface area contributed by atoms with Crippen molar-refractivity contribution < 1.29 is 12.8 Å². The summed E-state index contributed by atoms with van der Waals surface area (Å²) in [6.07, 6.45) is 1.77. The van der Waals surface area contributed by atoms with Crippen LogP contribution in [0.1, 0.15) is 24.5 Å². The van der Waals surface area contributed by atoms with Crippen LogP contribution in [-0.4, -0.2) is 40.3 Å². The highest BCUT2D eigenvalue weighted by molar-refractivity contribution is 7.88. The first-order valence-corrected chi connectivity index (χ1v) is 9.43. The summed E-state index contributed by atoms with van der Waals surface area (Å²) in [5, 5.41) is 6.21. The average Bonchev–Trinajstić information content (AvgIpc) is 2.46. The molecule has 0 saturated heterocycles. The van der Waals surface area contributed by atoms with Crippen molar-refractivity contribution >= 4 is 16.0 Å². The van der Waals surface area contributed by atoms with Crippen molar-refractivity contribution in [1.29, 1.82) is 0 Å². The topological polar surface area (TPSA) is 82.6 Å². The molecule has 0 aliphatic heterocycles. The van der Waals surface area contributed by atoms with Crippen LogP contribution in [0, 0.1) is 12.7 Å². The second kappa shape index (κ2) is 9.46. The summed E-state index contributed by atoms with van der Waals surface area (Å²) >= 11 is 0. The number of nitrogens with zero attached hydrogens (tertiary/aromatic N) is 1. The molecule has 0 unspecified atom stereocenters. The van der Waals surface area contributed by atoms with E-state index in [0.29, 0.717) is 44.1 Å². The molecule has 1 aromatic rings. The van der Waals surface area contributed by atoms with Crippen molar-refractivity contribution in [3.63, 3.8) is 0 Å². The number of halogens is 1. The lowest BCUT2D eigenvalue weighted by molar-refractivity contribution is 0.584. The van der Waals surface area contributed by atoms with Gasteiger partial charge in [-0.1, -0.05) is 12.1 Å². The standard InChI is InChI=1S/C15H25FN4O2S/c1-4-17-15(18-8-5-9-20-23(3,21)22)19-11-13-7-6-12(2)14(16)10-13/h6-7,10,20H,4-5,8-9,11H2,1-3H3,(H2,17,18,19). The van der Waals surface area contributed by atoms with E-state index in [1.807, 2.05) is 13.0 Å². The maximum atomic E-state index is 13.5. The van der Waals surface area contributed by atoms with Crippen LogP contribution in [0.3, 0.4) is 0 Å². The number of guanidine groups is 1. The molecule has 6 nitrogen and oxygen atoms in total. The Labute approximate surface area is 137 Å². The Morgan fingerprint density at radius 2 is 2.00 bits per heavy atom. The summed E-state index contributed by atoms with van der Waals surface area (Å²) in [4.78, 5) is 4.39. The molecule has 0 fully saturated rings. The number of sulfonamides is 1. The highest BCUT2D eigenvalue weighted by Crippen LogP contribution is 2.09. The van der Waals surface area contributed by atoms with E-state index in [-0.39, 0.29) is 5.82 Å². The zero-order valence-corrected chi connectivity index (χ0v) is 14.6. The highest BCUT2D eigenvalue weighted by atomic mass is 32.2. The van der Waals surface area contributed by atoms with Gasteiger partial charge in [0.25, 0.3) is 0 Å². The maximum absolute atomic E-state index is 13.5. The molecule has 0 aliphatic carbocycles. The van der Waals surface area contributed by atoms with Gasteiger partial charge in [-0.3, -0.25) is 0 Å². The molecule has 0 spiro atoms. The minimum absolute atomic E-state index is 0.234. The first-order valence-electron chi connectivity index (χ1n) is 7.53. The molecular formula is C15H25FN4O2S. The van der Waals surface area contributed by atoms with Gasteiger partial charge >= 0.3 is 0 Å². The zero-order chi connectivity index (χ0) is 17.3. The Kier molecular flexibility index (Phi) is 7.97. The molecule has 8 heteroatoms. The normalized spacial score (nSPS) is 12.3. The van der Waals surface area contributed by atoms with Crippen molar-refractivity contribution in [3.05, 3.63) is 35.1 Å². The molecule has 0 saturated carbocycles. The van der Waals surface area contributed by atoms with Crippen molar-refractivity contribution in [2.45, 2.75) is 26.8 Å². The summed E-state index contributed by atoms with van der Waals surface area (Å²) < 4.78 is 37.8. The number of rotatable bonds is 8. The number of nitrogens with one attached hydrogen (secondary N) is 3. The second-order valence-electron chi connectivity index (χ2n) is 5.23. The van der Waals surface area contributed by atoms with Gasteiger partial charge in [0.05, 0.1) is 12.8 Å². The van der Waals surface area contributed by atoms with E-state index in [2.05, 4.69) is 20.3 Å². The Hall–Kier alpha value is -1.67. The van der Waals surface area contributed by atoms with E-state index in [0.717, 1.165) is 11.8 Å². The molecular weight excluding hydrogens is 319 g/mol. The van der Waals surface area contributed by atoms with E-state index in [1.54, 1.807) is 13.0 Å². The summed E-state index contributed by atoms with van der Waals surface area (Å²) in [6.45, 7) is 5.70. The van der Waals surface area contributed by atoms with Crippen LogP contribution in [0.2, 0.25) is 0 Å². The third-order valence-electron chi connectivity index (χ3n) is 3.01. The zero-order valence-electron chi connectivity index (χ0n) is 13.8. The molecule has 0 atom stereocenters. The summed E-state index contributed by atoms with van der Waals surface area (Å²) in [5.41, 5.74) is 1.41. The summed E-state index contributed by atoms with van der Waals surface area (Å²) in [7, 11) is -3.15. The molecule has 0 bridgehead atoms. The summed E-state index contributed by atoms with van der Waals surface area (Å²) in [6, 6.07) is 5.07. The highest BCUT2D eigenvalue weighted by Gasteiger charge is 2.02. The fourth-order valence-electron chi connectivity index (χ4n) is 1.80. The van der Waals surface area contributed by atoms with Gasteiger partial charge in [-0.25, -0.2) is 22.5 Å². The van der Waals surface area contributed by atoms with Gasteiger partial charge in [-0.05, 0) is 37.5 Å². The van der Waals surface area contributed by atoms with Gasteiger partial charge in [-0.15, -0.1) is 0 Å².